The van der Waals surface area contributed by atoms with Gasteiger partial charge in [-0.15, -0.1) is 0 Å². The van der Waals surface area contributed by atoms with E-state index >= 15 is 0 Å². The highest BCUT2D eigenvalue weighted by atomic mass is 15.0. The number of fused-ring (bicyclic) bond motifs is 1. The van der Waals surface area contributed by atoms with E-state index in [-0.39, 0.29) is 0 Å². The van der Waals surface area contributed by atoms with Gasteiger partial charge >= 0.3 is 0 Å². The summed E-state index contributed by atoms with van der Waals surface area (Å²) in [6.45, 7) is 2.33. The summed E-state index contributed by atoms with van der Waals surface area (Å²) in [4.78, 5) is 3.60. The monoisotopic (exact) mass is 176 g/mol. The zero-order chi connectivity index (χ0) is 8.67. The first kappa shape index (κ1) is 7.63. The molecule has 2 aliphatic rings. The molecule has 0 amide bonds. The van der Waals surface area contributed by atoms with Crippen LogP contribution in [0.5, 0.6) is 0 Å². The van der Waals surface area contributed by atoms with Gasteiger partial charge in [0.1, 0.15) is 0 Å². The van der Waals surface area contributed by atoms with Crippen molar-refractivity contribution in [3.63, 3.8) is 0 Å². The Kier molecular flexibility index (Phi) is 1.69. The summed E-state index contributed by atoms with van der Waals surface area (Å²) >= 11 is 0. The summed E-state index contributed by atoms with van der Waals surface area (Å²) in [5, 5.41) is 3.32. The zero-order valence-electron chi connectivity index (χ0n) is 7.90. The normalized spacial score (nSPS) is 22.5. The van der Waals surface area contributed by atoms with Crippen molar-refractivity contribution in [2.75, 3.05) is 13.1 Å². The van der Waals surface area contributed by atoms with Crippen LogP contribution in [0.3, 0.4) is 0 Å². The number of rotatable bonds is 1. The molecule has 2 heteroatoms. The molecule has 70 valence electrons. The molecule has 2 nitrogen and oxygen atoms in total. The highest BCUT2D eigenvalue weighted by Gasteiger charge is 2.22. The Hall–Kier alpha value is -0.760. The maximum atomic E-state index is 3.60. The highest BCUT2D eigenvalue weighted by Crippen LogP contribution is 2.26. The Labute approximate surface area is 78.7 Å². The minimum absolute atomic E-state index is 0.769. The Balaban J connectivity index is 1.90. The molecule has 1 aromatic heterocycles. The molecule has 3 rings (SSSR count). The van der Waals surface area contributed by atoms with Gasteiger partial charge in [-0.25, -0.2) is 0 Å². The summed E-state index contributed by atoms with van der Waals surface area (Å²) in [5.41, 5.74) is 4.59. The Bertz CT molecular complexity index is 286. The van der Waals surface area contributed by atoms with Crippen LogP contribution in [0.4, 0.5) is 0 Å². The molecule has 0 radical (unpaired) electrons. The quantitative estimate of drug-likeness (QED) is 0.668. The third-order valence-corrected chi connectivity index (χ3v) is 3.36. The Morgan fingerprint density at radius 2 is 2.00 bits per heavy atom. The maximum absolute atomic E-state index is 3.60. The number of nitrogens with one attached hydrogen (secondary N) is 2. The van der Waals surface area contributed by atoms with Crippen LogP contribution in [0.2, 0.25) is 0 Å². The predicted molar refractivity (Wildman–Crippen MR) is 53.0 cm³/mol. The van der Waals surface area contributed by atoms with E-state index in [1.54, 1.807) is 5.56 Å². The van der Waals surface area contributed by atoms with Crippen molar-refractivity contribution in [1.82, 2.24) is 10.3 Å². The van der Waals surface area contributed by atoms with Crippen LogP contribution in [0.1, 0.15) is 35.7 Å². The van der Waals surface area contributed by atoms with Gasteiger partial charge in [0.2, 0.25) is 0 Å². The number of hydrogen-bond donors (Lipinski definition) is 2. The van der Waals surface area contributed by atoms with Crippen molar-refractivity contribution in [2.24, 2.45) is 0 Å². The number of aromatic amines is 1. The lowest BCUT2D eigenvalue weighted by Crippen LogP contribution is -2.40. The fraction of sp³-hybridized carbons (Fsp3) is 0.636. The molecular formula is C11H16N2. The number of H-pyrrole nitrogens is 1. The van der Waals surface area contributed by atoms with E-state index in [1.165, 1.54) is 50.2 Å². The maximum Gasteiger partial charge on any atom is 0.0240 e. The molecule has 1 aromatic rings. The molecule has 0 atom stereocenters. The number of aromatic nitrogens is 1. The average molecular weight is 176 g/mol. The van der Waals surface area contributed by atoms with Gasteiger partial charge in [0.15, 0.2) is 0 Å². The third kappa shape index (κ3) is 1.20. The molecule has 1 saturated heterocycles. The SMILES string of the molecule is c1c(C2CNC2)[nH]c2c1CCCC2. The van der Waals surface area contributed by atoms with E-state index < -0.39 is 0 Å². The second-order valence-electron chi connectivity index (χ2n) is 4.29. The van der Waals surface area contributed by atoms with Crippen LogP contribution in [0.15, 0.2) is 6.07 Å². The fourth-order valence-electron chi connectivity index (χ4n) is 2.36. The smallest absolute Gasteiger partial charge is 0.0240 e. The van der Waals surface area contributed by atoms with Gasteiger partial charge in [-0.1, -0.05) is 0 Å². The van der Waals surface area contributed by atoms with E-state index in [2.05, 4.69) is 16.4 Å². The summed E-state index contributed by atoms with van der Waals surface area (Å²) < 4.78 is 0. The van der Waals surface area contributed by atoms with E-state index in [9.17, 15) is 0 Å². The van der Waals surface area contributed by atoms with Gasteiger partial charge < -0.3 is 10.3 Å². The van der Waals surface area contributed by atoms with Crippen molar-refractivity contribution in [3.8, 4) is 0 Å². The predicted octanol–water partition coefficient (Wildman–Crippen LogP) is 1.58. The third-order valence-electron chi connectivity index (χ3n) is 3.36. The van der Waals surface area contributed by atoms with Crippen molar-refractivity contribution >= 4 is 0 Å². The van der Waals surface area contributed by atoms with Gasteiger partial charge in [0.05, 0.1) is 0 Å². The number of aryl methyl sites for hydroxylation is 2. The first-order valence-electron chi connectivity index (χ1n) is 5.35. The second kappa shape index (κ2) is 2.88. The summed E-state index contributed by atoms with van der Waals surface area (Å²) in [6, 6.07) is 2.40. The number of hydrogen-bond acceptors (Lipinski definition) is 1. The van der Waals surface area contributed by atoms with Gasteiger partial charge in [0.25, 0.3) is 0 Å². The largest absolute Gasteiger partial charge is 0.362 e. The lowest BCUT2D eigenvalue weighted by molar-refractivity contribution is 0.440. The van der Waals surface area contributed by atoms with Gasteiger partial charge in [-0.2, -0.15) is 0 Å². The molecule has 2 heterocycles. The zero-order valence-corrected chi connectivity index (χ0v) is 7.90. The molecular weight excluding hydrogens is 160 g/mol. The summed E-state index contributed by atoms with van der Waals surface area (Å²) in [7, 11) is 0. The molecule has 0 saturated carbocycles. The van der Waals surface area contributed by atoms with Crippen molar-refractivity contribution in [2.45, 2.75) is 31.6 Å². The van der Waals surface area contributed by atoms with E-state index in [4.69, 9.17) is 0 Å². The summed E-state index contributed by atoms with van der Waals surface area (Å²) in [6.07, 6.45) is 5.32. The highest BCUT2D eigenvalue weighted by molar-refractivity contribution is 5.31. The molecule has 0 bridgehead atoms. The molecule has 2 N–H and O–H groups in total. The van der Waals surface area contributed by atoms with E-state index in [1.807, 2.05) is 0 Å². The second-order valence-corrected chi connectivity index (χ2v) is 4.29. The van der Waals surface area contributed by atoms with Gasteiger partial charge in [-0.3, -0.25) is 0 Å². The molecule has 1 fully saturated rings. The molecule has 0 unspecified atom stereocenters. The van der Waals surface area contributed by atoms with Crippen LogP contribution in [0.25, 0.3) is 0 Å². The standard InChI is InChI=1S/C11H16N2/c1-2-4-10-8(3-1)5-11(13-10)9-6-12-7-9/h5,9,12-13H,1-4,6-7H2. The minimum atomic E-state index is 0.769. The van der Waals surface area contributed by atoms with Crippen molar-refractivity contribution < 1.29 is 0 Å². The van der Waals surface area contributed by atoms with Crippen molar-refractivity contribution in [1.29, 1.82) is 0 Å². The van der Waals surface area contributed by atoms with Crippen LogP contribution < -0.4 is 5.32 Å². The minimum Gasteiger partial charge on any atom is -0.362 e. The molecule has 13 heavy (non-hydrogen) atoms. The van der Waals surface area contributed by atoms with Crippen LogP contribution >= 0.6 is 0 Å². The fourth-order valence-corrected chi connectivity index (χ4v) is 2.36. The molecule has 0 spiro atoms. The van der Waals surface area contributed by atoms with Crippen molar-refractivity contribution in [3.05, 3.63) is 23.0 Å². The van der Waals surface area contributed by atoms with Gasteiger partial charge in [0, 0.05) is 30.4 Å². The van der Waals surface area contributed by atoms with Crippen LogP contribution in [0, 0.1) is 0 Å². The summed E-state index contributed by atoms with van der Waals surface area (Å²) in [5.74, 6) is 0.769. The Morgan fingerprint density at radius 1 is 1.15 bits per heavy atom. The lowest BCUT2D eigenvalue weighted by Gasteiger charge is -2.26. The van der Waals surface area contributed by atoms with Crippen LogP contribution in [-0.4, -0.2) is 18.1 Å². The Morgan fingerprint density at radius 3 is 2.69 bits per heavy atom. The molecule has 0 aromatic carbocycles. The van der Waals surface area contributed by atoms with Crippen LogP contribution in [-0.2, 0) is 12.8 Å². The van der Waals surface area contributed by atoms with E-state index in [0.29, 0.717) is 0 Å². The lowest BCUT2D eigenvalue weighted by atomic mass is 9.96. The van der Waals surface area contributed by atoms with E-state index in [0.717, 1.165) is 5.92 Å². The average Bonchev–Trinajstić information content (AvgIpc) is 2.43. The van der Waals surface area contributed by atoms with Gasteiger partial charge in [-0.05, 0) is 37.3 Å². The first-order valence-corrected chi connectivity index (χ1v) is 5.35. The molecule has 1 aliphatic heterocycles. The molecule has 1 aliphatic carbocycles. The topological polar surface area (TPSA) is 27.8 Å². The first-order chi connectivity index (χ1) is 6.43.